The van der Waals surface area contributed by atoms with E-state index in [1.807, 2.05) is 7.05 Å². The molecule has 1 aliphatic rings. The molecule has 0 fully saturated rings. The van der Waals surface area contributed by atoms with Gasteiger partial charge in [-0.05, 0) is 41.9 Å². The summed E-state index contributed by atoms with van der Waals surface area (Å²) in [6, 6.07) is 0.240. The molecule has 0 aromatic carbocycles. The van der Waals surface area contributed by atoms with E-state index in [0.29, 0.717) is 0 Å². The maximum Gasteiger partial charge on any atom is 0.114 e. The van der Waals surface area contributed by atoms with E-state index in [1.165, 1.54) is 11.1 Å². The number of aryl methyl sites for hydroxylation is 1. The van der Waals surface area contributed by atoms with Crippen molar-refractivity contribution in [3.05, 3.63) is 33.7 Å². The van der Waals surface area contributed by atoms with Crippen molar-refractivity contribution < 1.29 is 4.74 Å². The Labute approximate surface area is 88.6 Å². The van der Waals surface area contributed by atoms with Gasteiger partial charge in [0.15, 0.2) is 0 Å². The Hall–Kier alpha value is -0.800. The van der Waals surface area contributed by atoms with Gasteiger partial charge in [-0.15, -0.1) is 0 Å². The third kappa shape index (κ3) is 1.70. The van der Waals surface area contributed by atoms with Gasteiger partial charge in [0.2, 0.25) is 0 Å². The minimum Gasteiger partial charge on any atom is -0.496 e. The minimum atomic E-state index is 0.240. The number of likely N-dealkylation sites (N-methyl/N-ethyl adjacent to an activating group) is 1. The molecular formula is C11H15NOS. The van der Waals surface area contributed by atoms with E-state index in [2.05, 4.69) is 29.1 Å². The van der Waals surface area contributed by atoms with Crippen molar-refractivity contribution in [3.8, 4) is 0 Å². The fourth-order valence-corrected chi connectivity index (χ4v) is 2.63. The van der Waals surface area contributed by atoms with Crippen LogP contribution in [0, 0.1) is 6.92 Å². The number of nitrogens with one attached hydrogen (secondary N) is 1. The first-order valence-corrected chi connectivity index (χ1v) is 5.80. The van der Waals surface area contributed by atoms with Gasteiger partial charge in [-0.25, -0.2) is 0 Å². The van der Waals surface area contributed by atoms with Gasteiger partial charge in [0.25, 0.3) is 0 Å². The first kappa shape index (κ1) is 9.74. The Morgan fingerprint density at radius 3 is 2.86 bits per heavy atom. The van der Waals surface area contributed by atoms with Crippen LogP contribution in [0.5, 0.6) is 0 Å². The lowest BCUT2D eigenvalue weighted by Gasteiger charge is -2.17. The van der Waals surface area contributed by atoms with E-state index < -0.39 is 0 Å². The van der Waals surface area contributed by atoms with Crippen molar-refractivity contribution in [1.82, 2.24) is 5.32 Å². The summed E-state index contributed by atoms with van der Waals surface area (Å²) < 4.78 is 5.59. The highest BCUT2D eigenvalue weighted by Gasteiger charge is 2.20. The molecule has 0 saturated carbocycles. The SMILES string of the molecule is CNC(C1=CCCO1)c1cscc1C. The average Bonchev–Trinajstić information content (AvgIpc) is 2.80. The Morgan fingerprint density at radius 1 is 1.50 bits per heavy atom. The lowest BCUT2D eigenvalue weighted by atomic mass is 10.1. The topological polar surface area (TPSA) is 21.3 Å². The molecule has 0 radical (unpaired) electrons. The third-order valence-corrected chi connectivity index (χ3v) is 3.39. The Kier molecular flexibility index (Phi) is 2.89. The molecule has 2 heterocycles. The first-order valence-electron chi connectivity index (χ1n) is 4.85. The molecule has 2 rings (SSSR count). The molecule has 0 aliphatic carbocycles. The molecule has 0 amide bonds. The Balaban J connectivity index is 2.25. The van der Waals surface area contributed by atoms with E-state index in [-0.39, 0.29) is 6.04 Å². The van der Waals surface area contributed by atoms with Crippen LogP contribution in [0.1, 0.15) is 23.6 Å². The van der Waals surface area contributed by atoms with Crippen LogP contribution in [0.3, 0.4) is 0 Å². The molecular weight excluding hydrogens is 194 g/mol. The second-order valence-electron chi connectivity index (χ2n) is 3.48. The van der Waals surface area contributed by atoms with E-state index in [0.717, 1.165) is 18.8 Å². The summed E-state index contributed by atoms with van der Waals surface area (Å²) in [5.41, 5.74) is 2.68. The van der Waals surface area contributed by atoms with Gasteiger partial charge >= 0.3 is 0 Å². The zero-order valence-corrected chi connectivity index (χ0v) is 9.36. The highest BCUT2D eigenvalue weighted by Crippen LogP contribution is 2.30. The molecule has 1 aromatic heterocycles. The number of hydrogen-bond donors (Lipinski definition) is 1. The van der Waals surface area contributed by atoms with Crippen molar-refractivity contribution in [2.45, 2.75) is 19.4 Å². The minimum absolute atomic E-state index is 0.240. The number of hydrogen-bond acceptors (Lipinski definition) is 3. The Bertz CT molecular complexity index is 343. The second-order valence-corrected chi connectivity index (χ2v) is 4.22. The fraction of sp³-hybridized carbons (Fsp3) is 0.455. The smallest absolute Gasteiger partial charge is 0.114 e. The van der Waals surface area contributed by atoms with Crippen LogP contribution in [-0.2, 0) is 4.74 Å². The highest BCUT2D eigenvalue weighted by molar-refractivity contribution is 7.08. The van der Waals surface area contributed by atoms with Crippen molar-refractivity contribution >= 4 is 11.3 Å². The normalized spacial score (nSPS) is 17.7. The quantitative estimate of drug-likeness (QED) is 0.826. The van der Waals surface area contributed by atoms with Crippen LogP contribution in [0.4, 0.5) is 0 Å². The van der Waals surface area contributed by atoms with E-state index in [1.54, 1.807) is 11.3 Å². The summed E-state index contributed by atoms with van der Waals surface area (Å²) >= 11 is 1.75. The monoisotopic (exact) mass is 209 g/mol. The second kappa shape index (κ2) is 4.15. The van der Waals surface area contributed by atoms with Crippen LogP contribution in [0.15, 0.2) is 22.6 Å². The lowest BCUT2D eigenvalue weighted by Crippen LogP contribution is -2.19. The third-order valence-electron chi connectivity index (χ3n) is 2.51. The van der Waals surface area contributed by atoms with Crippen LogP contribution in [-0.4, -0.2) is 13.7 Å². The first-order chi connectivity index (χ1) is 6.83. The van der Waals surface area contributed by atoms with Gasteiger partial charge in [0.05, 0.1) is 12.6 Å². The predicted octanol–water partition coefficient (Wildman–Crippen LogP) is 2.62. The molecule has 76 valence electrons. The standard InChI is InChI=1S/C11H15NOS/c1-8-6-14-7-9(8)11(12-2)10-4-3-5-13-10/h4,6-7,11-12H,3,5H2,1-2H3. The summed E-state index contributed by atoms with van der Waals surface area (Å²) in [5.74, 6) is 1.08. The van der Waals surface area contributed by atoms with Gasteiger partial charge in [-0.1, -0.05) is 0 Å². The molecule has 0 bridgehead atoms. The molecule has 1 atom stereocenters. The molecule has 1 aromatic rings. The fourth-order valence-electron chi connectivity index (χ4n) is 1.76. The van der Waals surface area contributed by atoms with Gasteiger partial charge < -0.3 is 10.1 Å². The maximum absolute atomic E-state index is 5.59. The molecule has 1 N–H and O–H groups in total. The van der Waals surface area contributed by atoms with E-state index >= 15 is 0 Å². The molecule has 3 heteroatoms. The summed E-state index contributed by atoms with van der Waals surface area (Å²) in [5, 5.41) is 7.67. The maximum atomic E-state index is 5.59. The lowest BCUT2D eigenvalue weighted by molar-refractivity contribution is 0.218. The summed E-state index contributed by atoms with van der Waals surface area (Å²) in [6.07, 6.45) is 3.22. The number of thiophene rings is 1. The average molecular weight is 209 g/mol. The van der Waals surface area contributed by atoms with Crippen molar-refractivity contribution in [2.24, 2.45) is 0 Å². The van der Waals surface area contributed by atoms with Crippen LogP contribution in [0.25, 0.3) is 0 Å². The van der Waals surface area contributed by atoms with Gasteiger partial charge in [-0.3, -0.25) is 0 Å². The molecule has 0 spiro atoms. The molecule has 0 saturated heterocycles. The molecule has 1 aliphatic heterocycles. The molecule has 2 nitrogen and oxygen atoms in total. The molecule has 14 heavy (non-hydrogen) atoms. The van der Waals surface area contributed by atoms with E-state index in [4.69, 9.17) is 4.74 Å². The van der Waals surface area contributed by atoms with Crippen LogP contribution in [0.2, 0.25) is 0 Å². The number of ether oxygens (including phenoxy) is 1. The van der Waals surface area contributed by atoms with Crippen LogP contribution < -0.4 is 5.32 Å². The number of rotatable bonds is 3. The zero-order valence-electron chi connectivity index (χ0n) is 8.54. The Morgan fingerprint density at radius 2 is 2.36 bits per heavy atom. The summed E-state index contributed by atoms with van der Waals surface area (Å²) in [6.45, 7) is 2.97. The predicted molar refractivity (Wildman–Crippen MR) is 59.5 cm³/mol. The van der Waals surface area contributed by atoms with Gasteiger partial charge in [-0.2, -0.15) is 11.3 Å². The van der Waals surface area contributed by atoms with Crippen LogP contribution >= 0.6 is 11.3 Å². The summed E-state index contributed by atoms with van der Waals surface area (Å²) in [4.78, 5) is 0. The van der Waals surface area contributed by atoms with Crippen molar-refractivity contribution in [3.63, 3.8) is 0 Å². The van der Waals surface area contributed by atoms with E-state index in [9.17, 15) is 0 Å². The summed E-state index contributed by atoms with van der Waals surface area (Å²) in [7, 11) is 1.98. The van der Waals surface area contributed by atoms with Gasteiger partial charge in [0, 0.05) is 6.42 Å². The highest BCUT2D eigenvalue weighted by atomic mass is 32.1. The molecule has 1 unspecified atom stereocenters. The van der Waals surface area contributed by atoms with Gasteiger partial charge in [0.1, 0.15) is 5.76 Å². The largest absolute Gasteiger partial charge is 0.496 e. The van der Waals surface area contributed by atoms with Crippen molar-refractivity contribution in [2.75, 3.05) is 13.7 Å². The zero-order chi connectivity index (χ0) is 9.97. The van der Waals surface area contributed by atoms with Crippen molar-refractivity contribution in [1.29, 1.82) is 0 Å².